The molecule has 0 saturated heterocycles. The molecule has 132 valence electrons. The molecular formula is C22H27IN2. The van der Waals surface area contributed by atoms with Gasteiger partial charge in [-0.25, -0.2) is 0 Å². The first-order chi connectivity index (χ1) is 11.4. The van der Waals surface area contributed by atoms with E-state index in [2.05, 4.69) is 105 Å². The number of allylic oxidation sites excluding steroid dienone is 1. The zero-order valence-corrected chi connectivity index (χ0v) is 17.9. The van der Waals surface area contributed by atoms with Crippen LogP contribution in [0.1, 0.15) is 31.9 Å². The molecule has 0 fully saturated rings. The highest BCUT2D eigenvalue weighted by Crippen LogP contribution is 2.39. The van der Waals surface area contributed by atoms with Crippen molar-refractivity contribution in [2.45, 2.75) is 26.2 Å². The topological polar surface area (TPSA) is 6.25 Å². The summed E-state index contributed by atoms with van der Waals surface area (Å²) in [5.74, 6) is 0. The highest BCUT2D eigenvalue weighted by molar-refractivity contribution is 6.05. The third kappa shape index (κ3) is 3.66. The van der Waals surface area contributed by atoms with Crippen LogP contribution in [0.2, 0.25) is 0 Å². The first-order valence-corrected chi connectivity index (χ1v) is 8.65. The molecule has 1 aliphatic heterocycles. The predicted octanol–water partition coefficient (Wildman–Crippen LogP) is 1.87. The van der Waals surface area contributed by atoms with Gasteiger partial charge < -0.3 is 28.9 Å². The van der Waals surface area contributed by atoms with Crippen molar-refractivity contribution in [2.75, 3.05) is 25.5 Å². The number of hydrogen-bond donors (Lipinski definition) is 0. The lowest BCUT2D eigenvalue weighted by Crippen LogP contribution is -3.00. The third-order valence-electron chi connectivity index (χ3n) is 4.96. The normalized spacial score (nSPS) is 15.2. The van der Waals surface area contributed by atoms with E-state index in [4.69, 9.17) is 0 Å². The number of nitrogens with zero attached hydrogens (tertiary/aromatic N) is 2. The minimum Gasteiger partial charge on any atom is -1.00 e. The van der Waals surface area contributed by atoms with Gasteiger partial charge >= 0.3 is 0 Å². The Labute approximate surface area is 168 Å². The monoisotopic (exact) mass is 446 g/mol. The fourth-order valence-corrected chi connectivity index (χ4v) is 3.54. The molecule has 0 bridgehead atoms. The maximum Gasteiger partial charge on any atom is 0.209 e. The number of fused-ring (bicyclic) bond motifs is 1. The largest absolute Gasteiger partial charge is 1.00 e. The van der Waals surface area contributed by atoms with E-state index in [1.165, 1.54) is 28.2 Å². The zero-order chi connectivity index (χ0) is 17.3. The fraction of sp³-hybridized carbons (Fsp3) is 0.318. The number of anilines is 1. The maximum absolute atomic E-state index is 2.43. The smallest absolute Gasteiger partial charge is 0.209 e. The second kappa shape index (κ2) is 7.73. The van der Waals surface area contributed by atoms with Crippen molar-refractivity contribution >= 4 is 23.2 Å². The van der Waals surface area contributed by atoms with Gasteiger partial charge in [-0.3, -0.25) is 0 Å². The number of para-hydroxylation sites is 1. The van der Waals surface area contributed by atoms with Crippen molar-refractivity contribution in [2.24, 2.45) is 0 Å². The highest BCUT2D eigenvalue weighted by Gasteiger charge is 2.43. The third-order valence-corrected chi connectivity index (χ3v) is 4.96. The first kappa shape index (κ1) is 19.7. The Bertz CT molecular complexity index is 799. The van der Waals surface area contributed by atoms with Crippen LogP contribution in [0, 0.1) is 0 Å². The van der Waals surface area contributed by atoms with Crippen LogP contribution < -0.4 is 28.9 Å². The number of benzene rings is 2. The lowest BCUT2D eigenvalue weighted by atomic mass is 9.81. The quantitative estimate of drug-likeness (QED) is 0.514. The van der Waals surface area contributed by atoms with Gasteiger partial charge in [0.25, 0.3) is 0 Å². The Morgan fingerprint density at radius 1 is 0.960 bits per heavy atom. The Balaban J connectivity index is 0.00000225. The van der Waals surface area contributed by atoms with Gasteiger partial charge in [0, 0.05) is 37.5 Å². The number of halogens is 1. The SMILES string of the molecule is CC[N+]1=C(C=Cc2ccc(N(C)C)cc2)C(C)(C)c2ccccc21.[I-]. The van der Waals surface area contributed by atoms with Gasteiger partial charge in [-0.2, -0.15) is 4.58 Å². The molecule has 2 nitrogen and oxygen atoms in total. The van der Waals surface area contributed by atoms with E-state index in [1.54, 1.807) is 0 Å². The van der Waals surface area contributed by atoms with Gasteiger partial charge in [0.05, 0.1) is 5.41 Å². The lowest BCUT2D eigenvalue weighted by molar-refractivity contribution is -0.433. The minimum atomic E-state index is 0. The van der Waals surface area contributed by atoms with Gasteiger partial charge in [0.2, 0.25) is 5.69 Å². The molecule has 3 rings (SSSR count). The van der Waals surface area contributed by atoms with Crippen molar-refractivity contribution in [3.05, 3.63) is 65.7 Å². The molecule has 0 aromatic heterocycles. The van der Waals surface area contributed by atoms with Gasteiger partial charge in [0.1, 0.15) is 6.54 Å². The van der Waals surface area contributed by atoms with E-state index < -0.39 is 0 Å². The predicted molar refractivity (Wildman–Crippen MR) is 105 cm³/mol. The minimum absolute atomic E-state index is 0. The van der Waals surface area contributed by atoms with Crippen LogP contribution in [-0.2, 0) is 5.41 Å². The molecule has 2 aromatic carbocycles. The molecule has 0 spiro atoms. The van der Waals surface area contributed by atoms with Crippen molar-refractivity contribution in [1.29, 1.82) is 0 Å². The van der Waals surface area contributed by atoms with E-state index in [-0.39, 0.29) is 29.4 Å². The Morgan fingerprint density at radius 2 is 1.60 bits per heavy atom. The maximum atomic E-state index is 2.43. The van der Waals surface area contributed by atoms with Crippen LogP contribution in [0.15, 0.2) is 54.6 Å². The average molecular weight is 446 g/mol. The molecule has 0 radical (unpaired) electrons. The molecule has 0 aliphatic carbocycles. The second-order valence-corrected chi connectivity index (χ2v) is 7.09. The average Bonchev–Trinajstić information content (AvgIpc) is 2.80. The summed E-state index contributed by atoms with van der Waals surface area (Å²) in [4.78, 5) is 2.12. The fourth-order valence-electron chi connectivity index (χ4n) is 3.54. The number of hydrogen-bond acceptors (Lipinski definition) is 1. The van der Waals surface area contributed by atoms with Crippen molar-refractivity contribution < 1.29 is 28.6 Å². The summed E-state index contributed by atoms with van der Waals surface area (Å²) in [5, 5.41) is 0. The summed E-state index contributed by atoms with van der Waals surface area (Å²) in [5.41, 5.74) is 6.61. The summed E-state index contributed by atoms with van der Waals surface area (Å²) < 4.78 is 2.43. The molecule has 0 amide bonds. The van der Waals surface area contributed by atoms with Gasteiger partial charge in [-0.15, -0.1) is 0 Å². The van der Waals surface area contributed by atoms with E-state index in [9.17, 15) is 0 Å². The standard InChI is InChI=1S/C22H27N2.HI/c1-6-24-20-10-8-7-9-19(20)22(2,3)21(24)16-13-17-11-14-18(15-12-17)23(4)5;/h7-16H,6H2,1-5H3;1H/q+1;/p-1. The van der Waals surface area contributed by atoms with Crippen LogP contribution in [0.3, 0.4) is 0 Å². The lowest BCUT2D eigenvalue weighted by Gasteiger charge is -2.15. The summed E-state index contributed by atoms with van der Waals surface area (Å²) in [6.45, 7) is 7.84. The molecule has 3 heteroatoms. The molecule has 25 heavy (non-hydrogen) atoms. The Morgan fingerprint density at radius 3 is 2.20 bits per heavy atom. The molecule has 2 aromatic rings. The zero-order valence-electron chi connectivity index (χ0n) is 15.8. The second-order valence-electron chi connectivity index (χ2n) is 7.09. The van der Waals surface area contributed by atoms with Gasteiger partial charge in [0.15, 0.2) is 5.71 Å². The van der Waals surface area contributed by atoms with Crippen LogP contribution >= 0.6 is 0 Å². The van der Waals surface area contributed by atoms with Crippen molar-refractivity contribution in [3.63, 3.8) is 0 Å². The Kier molecular flexibility index (Phi) is 6.09. The van der Waals surface area contributed by atoms with E-state index in [0.717, 1.165) is 6.54 Å². The van der Waals surface area contributed by atoms with Crippen LogP contribution in [0.5, 0.6) is 0 Å². The molecule has 0 saturated carbocycles. The molecule has 1 aliphatic rings. The molecular weight excluding hydrogens is 419 g/mol. The van der Waals surface area contributed by atoms with Crippen LogP contribution in [-0.4, -0.2) is 30.9 Å². The van der Waals surface area contributed by atoms with Crippen LogP contribution in [0.25, 0.3) is 6.08 Å². The van der Waals surface area contributed by atoms with Gasteiger partial charge in [-0.1, -0.05) is 30.3 Å². The summed E-state index contributed by atoms with van der Waals surface area (Å²) in [6.07, 6.45) is 4.51. The molecule has 0 atom stereocenters. The van der Waals surface area contributed by atoms with Crippen LogP contribution in [0.4, 0.5) is 11.4 Å². The molecule has 1 heterocycles. The van der Waals surface area contributed by atoms with Crippen molar-refractivity contribution in [1.82, 2.24) is 0 Å². The van der Waals surface area contributed by atoms with E-state index in [0.29, 0.717) is 0 Å². The molecule has 0 N–H and O–H groups in total. The summed E-state index contributed by atoms with van der Waals surface area (Å²) in [6, 6.07) is 17.4. The number of rotatable bonds is 4. The Hall–Kier alpha value is -1.62. The van der Waals surface area contributed by atoms with E-state index in [1.807, 2.05) is 0 Å². The van der Waals surface area contributed by atoms with Crippen molar-refractivity contribution in [3.8, 4) is 0 Å². The highest BCUT2D eigenvalue weighted by atomic mass is 127. The molecule has 0 unspecified atom stereocenters. The summed E-state index contributed by atoms with van der Waals surface area (Å²) >= 11 is 0. The van der Waals surface area contributed by atoms with E-state index >= 15 is 0 Å². The summed E-state index contributed by atoms with van der Waals surface area (Å²) in [7, 11) is 4.14. The first-order valence-electron chi connectivity index (χ1n) is 8.65. The van der Waals surface area contributed by atoms with Gasteiger partial charge in [-0.05, 0) is 44.5 Å².